The second-order valence-corrected chi connectivity index (χ2v) is 7.10. The van der Waals surface area contributed by atoms with Crippen LogP contribution in [0, 0.1) is 0 Å². The van der Waals surface area contributed by atoms with E-state index in [0.29, 0.717) is 0 Å². The van der Waals surface area contributed by atoms with Crippen molar-refractivity contribution in [2.24, 2.45) is 0 Å². The van der Waals surface area contributed by atoms with Crippen molar-refractivity contribution in [3.63, 3.8) is 0 Å². The zero-order valence-electron chi connectivity index (χ0n) is 9.47. The topological polar surface area (TPSA) is 18.5 Å². The van der Waals surface area contributed by atoms with E-state index in [1.165, 1.54) is 30.9 Å². The van der Waals surface area contributed by atoms with Crippen LogP contribution in [0.3, 0.4) is 0 Å². The molecule has 1 rings (SSSR count). The molecule has 0 saturated carbocycles. The van der Waals surface area contributed by atoms with Crippen LogP contribution < -0.4 is 0 Å². The van der Waals surface area contributed by atoms with Gasteiger partial charge < -0.3 is 0 Å². The van der Waals surface area contributed by atoms with Gasteiger partial charge in [-0.15, -0.1) is 0 Å². The second kappa shape index (κ2) is 6.86. The van der Waals surface area contributed by atoms with Crippen molar-refractivity contribution in [1.29, 1.82) is 0 Å². The van der Waals surface area contributed by atoms with Crippen LogP contribution in [0.5, 0.6) is 0 Å². The molecule has 0 aromatic carbocycles. The van der Waals surface area contributed by atoms with Gasteiger partial charge in [0, 0.05) is 0 Å². The first-order valence-corrected chi connectivity index (χ1v) is 8.39. The molecule has 0 unspecified atom stereocenters. The van der Waals surface area contributed by atoms with Crippen LogP contribution in [0.1, 0.15) is 46.0 Å². The molecule has 1 aliphatic rings. The monoisotopic (exact) mass is 260 g/mol. The molecular formula is C11H22GeO2. The predicted molar refractivity (Wildman–Crippen MR) is 59.6 cm³/mol. The summed E-state index contributed by atoms with van der Waals surface area (Å²) >= 11 is -0.0792. The van der Waals surface area contributed by atoms with E-state index < -0.39 is 0 Å². The molecule has 2 nitrogen and oxygen atoms in total. The van der Waals surface area contributed by atoms with Crippen LogP contribution in [0.15, 0.2) is 0 Å². The summed E-state index contributed by atoms with van der Waals surface area (Å²) in [5.41, 5.74) is 0. The van der Waals surface area contributed by atoms with Gasteiger partial charge in [0.1, 0.15) is 0 Å². The maximum absolute atomic E-state index is 5.88. The fourth-order valence-corrected chi connectivity index (χ4v) is 5.43. The van der Waals surface area contributed by atoms with Gasteiger partial charge in [0.05, 0.1) is 0 Å². The average molecular weight is 259 g/mol. The Hall–Kier alpha value is 0.463. The van der Waals surface area contributed by atoms with Crippen molar-refractivity contribution < 1.29 is 9.47 Å². The summed E-state index contributed by atoms with van der Waals surface area (Å²) < 4.78 is 11.6. The molecular weight excluding hydrogens is 237 g/mol. The Morgan fingerprint density at radius 3 is 2.29 bits per heavy atom. The third-order valence-electron chi connectivity index (χ3n) is 2.58. The number of hydrogen-bond acceptors (Lipinski definition) is 2. The van der Waals surface area contributed by atoms with E-state index in [9.17, 15) is 0 Å². The normalized spacial score (nSPS) is 22.7. The van der Waals surface area contributed by atoms with E-state index in [1.807, 2.05) is 0 Å². The molecule has 0 bridgehead atoms. The minimum absolute atomic E-state index is 0.0792. The van der Waals surface area contributed by atoms with Crippen LogP contribution in [-0.2, 0) is 9.47 Å². The van der Waals surface area contributed by atoms with Crippen molar-refractivity contribution in [2.45, 2.75) is 55.8 Å². The molecule has 0 amide bonds. The fraction of sp³-hybridized carbons (Fsp3) is 1.00. The van der Waals surface area contributed by atoms with Gasteiger partial charge in [-0.3, -0.25) is 0 Å². The second-order valence-electron chi connectivity index (χ2n) is 3.71. The van der Waals surface area contributed by atoms with Crippen LogP contribution in [-0.4, -0.2) is 33.3 Å². The summed E-state index contributed by atoms with van der Waals surface area (Å²) in [6.45, 7) is 5.74. The first kappa shape index (κ1) is 12.5. The van der Waals surface area contributed by atoms with Crippen molar-refractivity contribution in [1.82, 2.24) is 0 Å². The van der Waals surface area contributed by atoms with E-state index in [1.54, 1.807) is 0 Å². The number of hydrogen-bond donors (Lipinski definition) is 0. The molecule has 0 N–H and O–H groups in total. The molecule has 0 atom stereocenters. The first-order chi connectivity index (χ1) is 6.83. The molecule has 0 aromatic rings. The van der Waals surface area contributed by atoms with Gasteiger partial charge in [0.15, 0.2) is 0 Å². The molecule has 0 aromatic heterocycles. The molecule has 1 saturated heterocycles. The van der Waals surface area contributed by atoms with Gasteiger partial charge in [0.2, 0.25) is 0 Å². The molecule has 14 heavy (non-hydrogen) atoms. The van der Waals surface area contributed by atoms with Crippen molar-refractivity contribution >= 4 is 15.4 Å². The van der Waals surface area contributed by atoms with Gasteiger partial charge >= 0.3 is 93.9 Å². The van der Waals surface area contributed by atoms with Gasteiger partial charge in [-0.1, -0.05) is 0 Å². The van der Waals surface area contributed by atoms with Crippen molar-refractivity contribution in [3.8, 4) is 0 Å². The summed E-state index contributed by atoms with van der Waals surface area (Å²) in [4.78, 5) is 0. The van der Waals surface area contributed by atoms with Crippen molar-refractivity contribution in [3.05, 3.63) is 0 Å². The number of rotatable bonds is 4. The van der Waals surface area contributed by atoms with E-state index in [-0.39, 0.29) is 20.1 Å². The maximum atomic E-state index is 5.88. The molecule has 1 aliphatic heterocycles. The van der Waals surface area contributed by atoms with Gasteiger partial charge in [0.25, 0.3) is 0 Å². The van der Waals surface area contributed by atoms with E-state index in [4.69, 9.17) is 9.47 Å². The van der Waals surface area contributed by atoms with Crippen LogP contribution >= 0.6 is 0 Å². The third-order valence-corrected chi connectivity index (χ3v) is 6.11. The fourth-order valence-electron chi connectivity index (χ4n) is 1.96. The Labute approximate surface area is 94.2 Å². The first-order valence-electron chi connectivity index (χ1n) is 5.86. The van der Waals surface area contributed by atoms with Crippen LogP contribution in [0.25, 0.3) is 0 Å². The van der Waals surface area contributed by atoms with E-state index in [2.05, 4.69) is 13.8 Å². The molecule has 1 heterocycles. The van der Waals surface area contributed by atoms with E-state index in [0.717, 1.165) is 19.6 Å². The molecule has 0 aliphatic carbocycles. The van der Waals surface area contributed by atoms with Crippen molar-refractivity contribution in [2.75, 3.05) is 13.2 Å². The summed E-state index contributed by atoms with van der Waals surface area (Å²) in [7, 11) is 0. The quantitative estimate of drug-likeness (QED) is 0.570. The van der Waals surface area contributed by atoms with Crippen LogP contribution in [0.4, 0.5) is 0 Å². The Morgan fingerprint density at radius 1 is 1.00 bits per heavy atom. The van der Waals surface area contributed by atoms with Gasteiger partial charge in [-0.25, -0.2) is 0 Å². The minimum atomic E-state index is -0.121. The zero-order valence-corrected chi connectivity index (χ0v) is 11.6. The predicted octanol–water partition coefficient (Wildman–Crippen LogP) is 2.80. The molecule has 2 radical (unpaired) electrons. The summed E-state index contributed by atoms with van der Waals surface area (Å²) in [6, 6.07) is 0. The Balaban J connectivity index is 2.50. The molecule has 1 fully saturated rings. The van der Waals surface area contributed by atoms with Gasteiger partial charge in [-0.05, 0) is 0 Å². The summed E-state index contributed by atoms with van der Waals surface area (Å²) in [5, 5.41) is 1.38. The Morgan fingerprint density at radius 2 is 1.64 bits per heavy atom. The third kappa shape index (κ3) is 3.91. The Kier molecular flexibility index (Phi) is 6.14. The molecule has 82 valence electrons. The standard InChI is InChI=1S/C11H22GeO2/c1-3-13-11(14-4-2)9-7-5-6-8-10-12-11/h3-10H2,1-2H3. The van der Waals surface area contributed by atoms with E-state index >= 15 is 0 Å². The molecule has 3 heteroatoms. The summed E-state index contributed by atoms with van der Waals surface area (Å²) in [5.74, 6) is 0. The van der Waals surface area contributed by atoms with Crippen LogP contribution in [0.2, 0.25) is 5.25 Å². The Bertz CT molecular complexity index is 134. The average Bonchev–Trinajstić information content (AvgIpc) is 2.12. The number of ether oxygens (including phenoxy) is 2. The van der Waals surface area contributed by atoms with Gasteiger partial charge in [-0.2, -0.15) is 0 Å². The molecule has 0 spiro atoms. The SMILES string of the molecule is CCO[C]1(OCC)CCCCC[CH2][Ge]1. The summed E-state index contributed by atoms with van der Waals surface area (Å²) in [6.07, 6.45) is 6.58. The zero-order chi connectivity index (χ0) is 10.3.